The summed E-state index contributed by atoms with van der Waals surface area (Å²) in [6, 6.07) is 0. The lowest BCUT2D eigenvalue weighted by atomic mass is 10.1. The Labute approximate surface area is 351 Å². The predicted octanol–water partition coefficient (Wildman–Crippen LogP) is 15.1. The van der Waals surface area contributed by atoms with Crippen molar-refractivity contribution in [2.45, 2.75) is 219 Å². The first-order valence-electron chi connectivity index (χ1n) is 23.4. The molecule has 0 bridgehead atoms. The molecule has 0 saturated heterocycles. The number of esters is 3. The third-order valence-corrected chi connectivity index (χ3v) is 9.73. The highest BCUT2D eigenvalue weighted by atomic mass is 16.6. The molecule has 1 unspecified atom stereocenters. The predicted molar refractivity (Wildman–Crippen MR) is 242 cm³/mol. The average molecular weight is 795 g/mol. The van der Waals surface area contributed by atoms with Gasteiger partial charge in [-0.1, -0.05) is 196 Å². The van der Waals surface area contributed by atoms with Crippen LogP contribution in [-0.4, -0.2) is 37.2 Å². The molecule has 326 valence electrons. The monoisotopic (exact) mass is 795 g/mol. The van der Waals surface area contributed by atoms with Crippen LogP contribution in [0.3, 0.4) is 0 Å². The fourth-order valence-electron chi connectivity index (χ4n) is 6.21. The van der Waals surface area contributed by atoms with Gasteiger partial charge in [-0.15, -0.1) is 0 Å². The molecule has 0 aromatic carbocycles. The van der Waals surface area contributed by atoms with Crippen LogP contribution in [0.2, 0.25) is 0 Å². The van der Waals surface area contributed by atoms with Crippen LogP contribution in [0, 0.1) is 0 Å². The number of unbranched alkanes of at least 4 members (excludes halogenated alkanes) is 18. The zero-order valence-corrected chi connectivity index (χ0v) is 37.1. The second-order valence-electron chi connectivity index (χ2n) is 15.3. The first kappa shape index (κ1) is 53.9. The van der Waals surface area contributed by atoms with Gasteiger partial charge in [-0.3, -0.25) is 14.4 Å². The molecule has 0 fully saturated rings. The van der Waals surface area contributed by atoms with Gasteiger partial charge in [-0.2, -0.15) is 0 Å². The molecule has 0 aromatic rings. The smallest absolute Gasteiger partial charge is 0.306 e. The number of rotatable bonds is 41. The summed E-state index contributed by atoms with van der Waals surface area (Å²) in [4.78, 5) is 37.5. The number of carbonyl (C=O) groups is 3. The maximum absolute atomic E-state index is 12.6. The second kappa shape index (κ2) is 45.6. The van der Waals surface area contributed by atoms with E-state index in [2.05, 4.69) is 93.7 Å². The zero-order valence-electron chi connectivity index (χ0n) is 37.1. The fourth-order valence-corrected chi connectivity index (χ4v) is 6.21. The van der Waals surface area contributed by atoms with Crippen molar-refractivity contribution in [3.8, 4) is 0 Å². The molecule has 0 aliphatic rings. The van der Waals surface area contributed by atoms with Crippen LogP contribution in [0.4, 0.5) is 0 Å². The Balaban J connectivity index is 4.24. The lowest BCUT2D eigenvalue weighted by molar-refractivity contribution is -0.167. The van der Waals surface area contributed by atoms with E-state index >= 15 is 0 Å². The Morgan fingerprint density at radius 2 is 0.684 bits per heavy atom. The van der Waals surface area contributed by atoms with Crippen molar-refractivity contribution >= 4 is 17.9 Å². The summed E-state index contributed by atoms with van der Waals surface area (Å²) in [5, 5.41) is 0. The highest BCUT2D eigenvalue weighted by Crippen LogP contribution is 2.13. The topological polar surface area (TPSA) is 78.9 Å². The van der Waals surface area contributed by atoms with Crippen LogP contribution in [0.25, 0.3) is 0 Å². The molecule has 0 aliphatic carbocycles. The molecule has 6 nitrogen and oxygen atoms in total. The van der Waals surface area contributed by atoms with E-state index in [1.807, 2.05) is 0 Å². The van der Waals surface area contributed by atoms with Crippen LogP contribution in [-0.2, 0) is 28.6 Å². The van der Waals surface area contributed by atoms with Crippen LogP contribution in [0.15, 0.2) is 72.9 Å². The molecule has 57 heavy (non-hydrogen) atoms. The van der Waals surface area contributed by atoms with Crippen molar-refractivity contribution in [1.29, 1.82) is 0 Å². The molecule has 0 heterocycles. The summed E-state index contributed by atoms with van der Waals surface area (Å²) in [5.74, 6) is -0.924. The van der Waals surface area contributed by atoms with E-state index in [1.54, 1.807) is 0 Å². The van der Waals surface area contributed by atoms with Gasteiger partial charge in [0.05, 0.1) is 0 Å². The molecule has 0 saturated carbocycles. The maximum Gasteiger partial charge on any atom is 0.306 e. The van der Waals surface area contributed by atoms with E-state index in [0.29, 0.717) is 19.3 Å². The summed E-state index contributed by atoms with van der Waals surface area (Å²) in [6.45, 7) is 6.41. The third kappa shape index (κ3) is 43.8. The minimum atomic E-state index is -0.778. The van der Waals surface area contributed by atoms with E-state index in [0.717, 1.165) is 109 Å². The Kier molecular flexibility index (Phi) is 43.0. The molecule has 0 rings (SSSR count). The lowest BCUT2D eigenvalue weighted by Crippen LogP contribution is -2.30. The average Bonchev–Trinajstić information content (AvgIpc) is 3.21. The van der Waals surface area contributed by atoms with Crippen LogP contribution < -0.4 is 0 Å². The van der Waals surface area contributed by atoms with Gasteiger partial charge in [0.1, 0.15) is 13.2 Å². The number of carbonyl (C=O) groups excluding carboxylic acids is 3. The van der Waals surface area contributed by atoms with Gasteiger partial charge in [0.2, 0.25) is 0 Å². The van der Waals surface area contributed by atoms with E-state index in [9.17, 15) is 14.4 Å². The molecule has 6 heteroatoms. The van der Waals surface area contributed by atoms with Gasteiger partial charge >= 0.3 is 17.9 Å². The fraction of sp³-hybridized carbons (Fsp3) is 0.706. The second-order valence-corrected chi connectivity index (χ2v) is 15.3. The molecule has 0 aromatic heterocycles. The standard InChI is InChI=1S/C51H86O6/c1-4-7-10-13-16-18-20-21-22-23-24-25-26-27-28-29-30-31-32-34-35-38-41-44-50(53)56-47-48(46-55-49(52)43-40-37-15-12-9-6-3)57-51(54)45-42-39-36-33-19-17-14-11-8-5-2/h7,10,16,18,21-22,24-25,27-28,30-31,48H,4-6,8-9,11-15,17,19-20,23,26,29,32-47H2,1-3H3/b10-7-,18-16-,22-21-,25-24-,28-27-,31-30-. The SMILES string of the molecule is CC/C=C\C/C=C\C/C=C\C/C=C\C/C=C\C/C=C\CCCCCCC(=O)OCC(COC(=O)CCCCCCCC)OC(=O)CCCCCCCCCCCC. The minimum absolute atomic E-state index is 0.0830. The quantitative estimate of drug-likeness (QED) is 0.0265. The van der Waals surface area contributed by atoms with Crippen molar-refractivity contribution in [3.05, 3.63) is 72.9 Å². The molecule has 0 spiro atoms. The summed E-state index contributed by atoms with van der Waals surface area (Å²) in [5.41, 5.74) is 0. The third-order valence-electron chi connectivity index (χ3n) is 9.73. The summed E-state index contributed by atoms with van der Waals surface area (Å²) in [7, 11) is 0. The lowest BCUT2D eigenvalue weighted by Gasteiger charge is -2.18. The molecular weight excluding hydrogens is 709 g/mol. The van der Waals surface area contributed by atoms with Crippen molar-refractivity contribution in [2.75, 3.05) is 13.2 Å². The maximum atomic E-state index is 12.6. The Morgan fingerprint density at radius 3 is 1.07 bits per heavy atom. The molecule has 0 N–H and O–H groups in total. The number of hydrogen-bond donors (Lipinski definition) is 0. The van der Waals surface area contributed by atoms with E-state index in [1.165, 1.54) is 64.2 Å². The van der Waals surface area contributed by atoms with Crippen molar-refractivity contribution < 1.29 is 28.6 Å². The zero-order chi connectivity index (χ0) is 41.5. The number of hydrogen-bond acceptors (Lipinski definition) is 6. The Morgan fingerprint density at radius 1 is 0.368 bits per heavy atom. The van der Waals surface area contributed by atoms with E-state index in [-0.39, 0.29) is 31.1 Å². The van der Waals surface area contributed by atoms with Crippen molar-refractivity contribution in [2.24, 2.45) is 0 Å². The highest BCUT2D eigenvalue weighted by molar-refractivity contribution is 5.71. The molecular formula is C51H86O6. The molecule has 0 amide bonds. The van der Waals surface area contributed by atoms with Gasteiger partial charge in [-0.25, -0.2) is 0 Å². The normalized spacial score (nSPS) is 12.7. The molecule has 1 atom stereocenters. The molecule has 0 aliphatic heterocycles. The first-order valence-corrected chi connectivity index (χ1v) is 23.4. The van der Waals surface area contributed by atoms with Crippen LogP contribution in [0.1, 0.15) is 213 Å². The Hall–Kier alpha value is -3.15. The first-order chi connectivity index (χ1) is 28.0. The summed E-state index contributed by atoms with van der Waals surface area (Å²) < 4.78 is 16.6. The largest absolute Gasteiger partial charge is 0.462 e. The van der Waals surface area contributed by atoms with Crippen molar-refractivity contribution in [1.82, 2.24) is 0 Å². The molecule has 0 radical (unpaired) electrons. The number of allylic oxidation sites excluding steroid dienone is 12. The summed E-state index contributed by atoms with van der Waals surface area (Å²) in [6.07, 6.45) is 56.2. The Bertz CT molecular complexity index is 1100. The van der Waals surface area contributed by atoms with Crippen LogP contribution >= 0.6 is 0 Å². The van der Waals surface area contributed by atoms with Gasteiger partial charge in [0.25, 0.3) is 0 Å². The van der Waals surface area contributed by atoms with Crippen LogP contribution in [0.5, 0.6) is 0 Å². The van der Waals surface area contributed by atoms with Gasteiger partial charge in [0.15, 0.2) is 6.10 Å². The van der Waals surface area contributed by atoms with E-state index in [4.69, 9.17) is 14.2 Å². The van der Waals surface area contributed by atoms with Crippen molar-refractivity contribution in [3.63, 3.8) is 0 Å². The highest BCUT2D eigenvalue weighted by Gasteiger charge is 2.19. The summed E-state index contributed by atoms with van der Waals surface area (Å²) >= 11 is 0. The van der Waals surface area contributed by atoms with Gasteiger partial charge < -0.3 is 14.2 Å². The minimum Gasteiger partial charge on any atom is -0.462 e. The van der Waals surface area contributed by atoms with Gasteiger partial charge in [0, 0.05) is 19.3 Å². The van der Waals surface area contributed by atoms with E-state index < -0.39 is 6.10 Å². The van der Waals surface area contributed by atoms with Gasteiger partial charge in [-0.05, 0) is 70.6 Å². The number of ether oxygens (including phenoxy) is 3.